The van der Waals surface area contributed by atoms with Gasteiger partial charge in [0.05, 0.1) is 0 Å². The second-order valence-electron chi connectivity index (χ2n) is 5.39. The molecule has 0 saturated carbocycles. The topological polar surface area (TPSA) is 38.0 Å². The van der Waals surface area contributed by atoms with Crippen LogP contribution in [0.25, 0.3) is 10.8 Å². The summed E-state index contributed by atoms with van der Waals surface area (Å²) in [6, 6.07) is 12.3. The van der Waals surface area contributed by atoms with Gasteiger partial charge in [-0.3, -0.25) is 0 Å². The van der Waals surface area contributed by atoms with Gasteiger partial charge in [0.15, 0.2) is 0 Å². The molecule has 2 rings (SSSR count). The van der Waals surface area contributed by atoms with Gasteiger partial charge in [0.2, 0.25) is 0 Å². The average molecular weight is 304 g/mol. The van der Waals surface area contributed by atoms with Gasteiger partial charge < -0.3 is 11.1 Å². The Balaban J connectivity index is 2.41. The van der Waals surface area contributed by atoms with Crippen LogP contribution in [0.4, 0.5) is 5.69 Å². The zero-order valence-electron chi connectivity index (χ0n) is 12.1. The van der Waals surface area contributed by atoms with Crippen LogP contribution in [0.5, 0.6) is 0 Å². The van der Waals surface area contributed by atoms with Crippen LogP contribution >= 0.6 is 24.0 Å². The minimum atomic E-state index is 0.197. The monoisotopic (exact) mass is 304 g/mol. The Kier molecular flexibility index (Phi) is 4.55. The lowest BCUT2D eigenvalue weighted by atomic mass is 10.0. The third kappa shape index (κ3) is 3.25. The first kappa shape index (κ1) is 15.1. The fraction of sp³-hybridized carbons (Fsp3) is 0.312. The van der Waals surface area contributed by atoms with Gasteiger partial charge in [0, 0.05) is 27.9 Å². The molecule has 0 heterocycles. The van der Waals surface area contributed by atoms with E-state index in [9.17, 15) is 0 Å². The number of hydrogen-bond donors (Lipinski definition) is 2. The molecule has 4 heteroatoms. The zero-order valence-corrected chi connectivity index (χ0v) is 13.7. The summed E-state index contributed by atoms with van der Waals surface area (Å²) in [5.74, 6) is 0. The number of fused-ring (bicyclic) bond motifs is 1. The number of thioether (sulfide) groups is 1. The smallest absolute Gasteiger partial charge is 0.104 e. The van der Waals surface area contributed by atoms with Gasteiger partial charge in [0.25, 0.3) is 0 Å². The first-order valence-electron chi connectivity index (χ1n) is 6.55. The molecule has 2 aromatic rings. The van der Waals surface area contributed by atoms with E-state index in [-0.39, 0.29) is 4.75 Å². The van der Waals surface area contributed by atoms with Gasteiger partial charge in [-0.15, -0.1) is 0 Å². The predicted molar refractivity (Wildman–Crippen MR) is 95.9 cm³/mol. The van der Waals surface area contributed by atoms with Gasteiger partial charge >= 0.3 is 0 Å². The van der Waals surface area contributed by atoms with Crippen molar-refractivity contribution in [2.75, 3.05) is 18.1 Å². The standard InChI is InChI=1S/C16H20N2S2/c1-16(2,20-3)10-18-14-9-8-13(15(17)19)11-6-4-5-7-12(11)14/h4-9,18H,10H2,1-3H3,(H2,17,19). The average Bonchev–Trinajstić information content (AvgIpc) is 2.44. The summed E-state index contributed by atoms with van der Waals surface area (Å²) < 4.78 is 0.197. The molecule has 0 aromatic heterocycles. The second kappa shape index (κ2) is 6.02. The maximum absolute atomic E-state index is 5.80. The summed E-state index contributed by atoms with van der Waals surface area (Å²) in [6.45, 7) is 5.37. The summed E-state index contributed by atoms with van der Waals surface area (Å²) in [5, 5.41) is 5.81. The van der Waals surface area contributed by atoms with Crippen molar-refractivity contribution in [3.8, 4) is 0 Å². The number of nitrogens with one attached hydrogen (secondary N) is 1. The van der Waals surface area contributed by atoms with Crippen LogP contribution < -0.4 is 11.1 Å². The Morgan fingerprint density at radius 2 is 1.85 bits per heavy atom. The van der Waals surface area contributed by atoms with Gasteiger partial charge in [-0.1, -0.05) is 36.5 Å². The van der Waals surface area contributed by atoms with Crippen LogP contribution in [0.2, 0.25) is 0 Å². The molecule has 2 aromatic carbocycles. The molecule has 20 heavy (non-hydrogen) atoms. The number of nitrogens with two attached hydrogens (primary N) is 1. The van der Waals surface area contributed by atoms with Gasteiger partial charge in [0.1, 0.15) is 4.99 Å². The highest BCUT2D eigenvalue weighted by Gasteiger charge is 2.16. The van der Waals surface area contributed by atoms with Crippen LogP contribution in [0.3, 0.4) is 0 Å². The van der Waals surface area contributed by atoms with E-state index in [1.165, 1.54) is 0 Å². The molecule has 0 unspecified atom stereocenters. The highest BCUT2D eigenvalue weighted by Crippen LogP contribution is 2.28. The fourth-order valence-corrected chi connectivity index (χ4v) is 2.44. The van der Waals surface area contributed by atoms with E-state index in [1.54, 1.807) is 0 Å². The third-order valence-electron chi connectivity index (χ3n) is 3.45. The Bertz CT molecular complexity index is 635. The number of rotatable bonds is 5. The second-order valence-corrected chi connectivity index (χ2v) is 7.34. The lowest BCUT2D eigenvalue weighted by molar-refractivity contribution is 0.753. The van der Waals surface area contributed by atoms with Crippen molar-refractivity contribution in [2.45, 2.75) is 18.6 Å². The van der Waals surface area contributed by atoms with Crippen molar-refractivity contribution in [2.24, 2.45) is 5.73 Å². The van der Waals surface area contributed by atoms with Crippen molar-refractivity contribution >= 4 is 45.4 Å². The van der Waals surface area contributed by atoms with E-state index in [2.05, 4.69) is 43.6 Å². The van der Waals surface area contributed by atoms with Crippen molar-refractivity contribution in [3.63, 3.8) is 0 Å². The van der Waals surface area contributed by atoms with Crippen LogP contribution in [0.15, 0.2) is 36.4 Å². The molecular formula is C16H20N2S2. The first-order chi connectivity index (χ1) is 9.44. The van der Waals surface area contributed by atoms with Crippen molar-refractivity contribution in [3.05, 3.63) is 42.0 Å². The zero-order chi connectivity index (χ0) is 14.8. The van der Waals surface area contributed by atoms with Crippen molar-refractivity contribution in [1.29, 1.82) is 0 Å². The molecule has 0 aliphatic rings. The highest BCUT2D eigenvalue weighted by atomic mass is 32.2. The molecule has 0 fully saturated rings. The van der Waals surface area contributed by atoms with E-state index in [0.29, 0.717) is 4.99 Å². The Morgan fingerprint density at radius 1 is 1.20 bits per heavy atom. The molecule has 0 bridgehead atoms. The Morgan fingerprint density at radius 3 is 2.45 bits per heavy atom. The van der Waals surface area contributed by atoms with Gasteiger partial charge in [-0.25, -0.2) is 0 Å². The number of benzene rings is 2. The summed E-state index contributed by atoms with van der Waals surface area (Å²) >= 11 is 6.99. The summed E-state index contributed by atoms with van der Waals surface area (Å²) in [7, 11) is 0. The quantitative estimate of drug-likeness (QED) is 0.818. The molecule has 0 spiro atoms. The Hall–Kier alpha value is -1.26. The number of hydrogen-bond acceptors (Lipinski definition) is 3. The molecule has 3 N–H and O–H groups in total. The molecule has 0 amide bonds. The van der Waals surface area contributed by atoms with E-state index in [0.717, 1.165) is 28.6 Å². The molecule has 0 aliphatic heterocycles. The summed E-state index contributed by atoms with van der Waals surface area (Å²) in [4.78, 5) is 0.442. The van der Waals surface area contributed by atoms with Crippen LogP contribution in [0.1, 0.15) is 19.4 Å². The lowest BCUT2D eigenvalue weighted by Gasteiger charge is -2.23. The van der Waals surface area contributed by atoms with E-state index < -0.39 is 0 Å². The summed E-state index contributed by atoms with van der Waals surface area (Å²) in [6.07, 6.45) is 2.13. The minimum Gasteiger partial charge on any atom is -0.389 e. The minimum absolute atomic E-state index is 0.197. The van der Waals surface area contributed by atoms with Gasteiger partial charge in [-0.2, -0.15) is 11.8 Å². The molecule has 0 saturated heterocycles. The number of thiocarbonyl (C=S) groups is 1. The normalized spacial score (nSPS) is 11.6. The Labute approximate surface area is 130 Å². The maximum Gasteiger partial charge on any atom is 0.104 e. The van der Waals surface area contributed by atoms with E-state index in [4.69, 9.17) is 18.0 Å². The molecular weight excluding hydrogens is 284 g/mol. The van der Waals surface area contributed by atoms with E-state index in [1.807, 2.05) is 30.0 Å². The molecule has 0 aliphatic carbocycles. The van der Waals surface area contributed by atoms with Gasteiger partial charge in [-0.05, 0) is 37.6 Å². The molecule has 0 radical (unpaired) electrons. The molecule has 0 atom stereocenters. The maximum atomic E-state index is 5.80. The van der Waals surface area contributed by atoms with E-state index >= 15 is 0 Å². The SMILES string of the molecule is CSC(C)(C)CNc1ccc(C(N)=S)c2ccccc12. The fourth-order valence-electron chi connectivity index (χ4n) is 2.05. The lowest BCUT2D eigenvalue weighted by Crippen LogP contribution is -2.26. The largest absolute Gasteiger partial charge is 0.389 e. The summed E-state index contributed by atoms with van der Waals surface area (Å²) in [5.41, 5.74) is 7.87. The first-order valence-corrected chi connectivity index (χ1v) is 8.18. The van der Waals surface area contributed by atoms with Crippen molar-refractivity contribution in [1.82, 2.24) is 0 Å². The molecule has 2 nitrogen and oxygen atoms in total. The van der Waals surface area contributed by atoms with Crippen LogP contribution in [-0.2, 0) is 0 Å². The van der Waals surface area contributed by atoms with Crippen LogP contribution in [-0.4, -0.2) is 22.5 Å². The van der Waals surface area contributed by atoms with Crippen molar-refractivity contribution < 1.29 is 0 Å². The highest BCUT2D eigenvalue weighted by molar-refractivity contribution is 7.99. The molecule has 106 valence electrons. The van der Waals surface area contributed by atoms with Crippen LogP contribution in [0, 0.1) is 0 Å². The third-order valence-corrected chi connectivity index (χ3v) is 4.92. The number of anilines is 1. The predicted octanol–water partition coefficient (Wildman–Crippen LogP) is 4.03.